The van der Waals surface area contributed by atoms with Crippen molar-refractivity contribution in [3.63, 3.8) is 0 Å². The molecule has 1 fully saturated rings. The zero-order valence-electron chi connectivity index (χ0n) is 25.2. The first-order valence-electron chi connectivity index (χ1n) is 14.7. The highest BCUT2D eigenvalue weighted by molar-refractivity contribution is 7.91. The van der Waals surface area contributed by atoms with Crippen molar-refractivity contribution in [2.24, 2.45) is 0 Å². The molecule has 1 aliphatic rings. The summed E-state index contributed by atoms with van der Waals surface area (Å²) in [4.78, 5) is 23.3. The number of hydrogen-bond acceptors (Lipinski definition) is 8. The molecule has 2 N–H and O–H groups in total. The first kappa shape index (κ1) is 35.2. The van der Waals surface area contributed by atoms with Crippen LogP contribution in [0, 0.1) is 0 Å². The van der Waals surface area contributed by atoms with Gasteiger partial charge in [-0.3, -0.25) is 9.78 Å². The number of aliphatic hydroxyl groups excluding tert-OH is 1. The third-order valence-corrected chi connectivity index (χ3v) is 9.68. The number of amides is 1. The van der Waals surface area contributed by atoms with E-state index in [9.17, 15) is 40.3 Å². The van der Waals surface area contributed by atoms with Crippen LogP contribution in [-0.4, -0.2) is 67.1 Å². The zero-order valence-corrected chi connectivity index (χ0v) is 26.0. The van der Waals surface area contributed by atoms with E-state index in [4.69, 9.17) is 4.74 Å². The molecule has 1 unspecified atom stereocenters. The lowest BCUT2D eigenvalue weighted by Crippen LogP contribution is -2.47. The van der Waals surface area contributed by atoms with E-state index in [1.807, 2.05) is 0 Å². The fourth-order valence-electron chi connectivity index (χ4n) is 5.11. The number of anilines is 1. The van der Waals surface area contributed by atoms with Crippen molar-refractivity contribution in [1.29, 1.82) is 0 Å². The summed E-state index contributed by atoms with van der Waals surface area (Å²) in [6.07, 6.45) is -4.94. The number of piperidine rings is 1. The van der Waals surface area contributed by atoms with Crippen LogP contribution in [0.15, 0.2) is 65.8 Å². The van der Waals surface area contributed by atoms with Crippen LogP contribution in [-0.2, 0) is 20.8 Å². The first-order chi connectivity index (χ1) is 21.7. The summed E-state index contributed by atoms with van der Waals surface area (Å²) in [7, 11) is -3.48. The maximum Gasteiger partial charge on any atom is 0.416 e. The van der Waals surface area contributed by atoms with Gasteiger partial charge < -0.3 is 20.1 Å². The monoisotopic (exact) mass is 670 g/mol. The summed E-state index contributed by atoms with van der Waals surface area (Å²) in [6, 6.07) is 9.14. The van der Waals surface area contributed by atoms with E-state index in [2.05, 4.69) is 15.3 Å². The largest absolute Gasteiger partial charge is 0.416 e. The number of aromatic nitrogens is 2. The molecular weight excluding hydrogens is 635 g/mol. The Hall–Kier alpha value is -3.69. The Morgan fingerprint density at radius 3 is 2.28 bits per heavy atom. The Kier molecular flexibility index (Phi) is 11.0. The lowest BCUT2D eigenvalue weighted by molar-refractivity contribution is -0.241. The number of alkyl halides is 5. The topological polar surface area (TPSA) is 122 Å². The number of nitrogens with one attached hydrogen (secondary N) is 1. The number of pyridine rings is 2. The molecule has 2 aromatic heterocycles. The Morgan fingerprint density at radius 1 is 1.02 bits per heavy atom. The van der Waals surface area contributed by atoms with E-state index in [0.29, 0.717) is 24.2 Å². The minimum atomic E-state index is -4.47. The van der Waals surface area contributed by atoms with E-state index in [1.54, 1.807) is 4.90 Å². The fourth-order valence-corrected chi connectivity index (χ4v) is 5.93. The number of aliphatic hydroxyl groups is 1. The minimum absolute atomic E-state index is 0.0157. The van der Waals surface area contributed by atoms with Gasteiger partial charge in [0.25, 0.3) is 5.91 Å². The molecule has 0 radical (unpaired) electrons. The van der Waals surface area contributed by atoms with E-state index < -0.39 is 58.7 Å². The molecule has 250 valence electrons. The predicted molar refractivity (Wildman–Crippen MR) is 159 cm³/mol. The molecule has 1 aromatic carbocycles. The number of hydrogen-bond donors (Lipinski definition) is 2. The maximum absolute atomic E-state index is 14.0. The average Bonchev–Trinajstić information content (AvgIpc) is 3.06. The molecule has 46 heavy (non-hydrogen) atoms. The van der Waals surface area contributed by atoms with E-state index >= 15 is 0 Å². The summed E-state index contributed by atoms with van der Waals surface area (Å²) < 4.78 is 96.2. The summed E-state index contributed by atoms with van der Waals surface area (Å²) in [5, 5.41) is 12.5. The van der Waals surface area contributed by atoms with Crippen LogP contribution in [0.2, 0.25) is 0 Å². The van der Waals surface area contributed by atoms with Gasteiger partial charge in [-0.05, 0) is 54.8 Å². The Balaban J connectivity index is 1.51. The summed E-state index contributed by atoms with van der Waals surface area (Å²) in [5.74, 6) is -0.571. The summed E-state index contributed by atoms with van der Waals surface area (Å²) in [5.41, 5.74) is 0.253. The van der Waals surface area contributed by atoms with Crippen LogP contribution in [0.3, 0.4) is 0 Å². The molecule has 15 heteroatoms. The van der Waals surface area contributed by atoms with Gasteiger partial charge in [0.15, 0.2) is 9.84 Å². The Morgan fingerprint density at radius 2 is 1.74 bits per heavy atom. The number of rotatable bonds is 12. The summed E-state index contributed by atoms with van der Waals surface area (Å²) in [6.45, 7) is 2.23. The molecule has 0 bridgehead atoms. The normalized spacial score (nSPS) is 18.3. The van der Waals surface area contributed by atoms with Crippen molar-refractivity contribution in [2.45, 2.75) is 68.3 Å². The average molecular weight is 671 g/mol. The standard InChI is InChI=1S/C31H35F5N4O5S/c1-3-30(32,33)45-19-24-11-7-22(20-5-9-23(10-6-20)31(34,35)36)17-40(24)28-14-8-21(15-38-28)29(42)39-27(18-41)26-13-12-25(16-37-26)46(43,44)4-2/h5-6,8-10,12-16,22,24,27,41H,3-4,7,11,17-19H2,1-2H3,(H,39,42)/t22?,24-,27-/m0/s1. The van der Waals surface area contributed by atoms with Gasteiger partial charge in [-0.15, -0.1) is 0 Å². The number of sulfone groups is 1. The highest BCUT2D eigenvalue weighted by atomic mass is 32.2. The van der Waals surface area contributed by atoms with Gasteiger partial charge in [0, 0.05) is 31.3 Å². The molecular formula is C31H35F5N4O5S. The quantitative estimate of drug-likeness (QED) is 0.242. The fraction of sp³-hybridized carbons (Fsp3) is 0.452. The van der Waals surface area contributed by atoms with Crippen LogP contribution < -0.4 is 10.2 Å². The number of carbonyl (C=O) groups excluding carboxylic acids is 1. The molecule has 0 spiro atoms. The first-order valence-corrected chi connectivity index (χ1v) is 16.3. The molecule has 1 saturated heterocycles. The van der Waals surface area contributed by atoms with Crippen molar-refractivity contribution in [2.75, 3.05) is 30.4 Å². The second-order valence-corrected chi connectivity index (χ2v) is 13.2. The van der Waals surface area contributed by atoms with Gasteiger partial charge in [-0.25, -0.2) is 13.4 Å². The SMILES string of the molecule is CCC(F)(F)OC[C@@H]1CCC(c2ccc(C(F)(F)F)cc2)CN1c1ccc(C(=O)N[C@@H](CO)c2ccc(S(=O)(=O)CC)cn2)cn1. The van der Waals surface area contributed by atoms with Crippen LogP contribution in [0.25, 0.3) is 0 Å². The Bertz CT molecular complexity index is 1570. The van der Waals surface area contributed by atoms with E-state index in [-0.39, 0.29) is 41.0 Å². The van der Waals surface area contributed by atoms with Gasteiger partial charge in [-0.1, -0.05) is 26.0 Å². The third kappa shape index (κ3) is 8.56. The zero-order chi connectivity index (χ0) is 33.7. The second-order valence-electron chi connectivity index (χ2n) is 10.9. The lowest BCUT2D eigenvalue weighted by atomic mass is 9.87. The number of halogens is 5. The summed E-state index contributed by atoms with van der Waals surface area (Å²) >= 11 is 0. The molecule has 4 rings (SSSR count). The van der Waals surface area contributed by atoms with Crippen LogP contribution in [0.4, 0.5) is 27.8 Å². The molecule has 1 aliphatic heterocycles. The van der Waals surface area contributed by atoms with Crippen molar-refractivity contribution in [1.82, 2.24) is 15.3 Å². The van der Waals surface area contributed by atoms with Crippen LogP contribution >= 0.6 is 0 Å². The maximum atomic E-state index is 14.0. The Labute approximate surface area is 263 Å². The van der Waals surface area contributed by atoms with Crippen LogP contribution in [0.1, 0.15) is 72.2 Å². The molecule has 3 aromatic rings. The van der Waals surface area contributed by atoms with Crippen molar-refractivity contribution in [3.8, 4) is 0 Å². The molecule has 0 aliphatic carbocycles. The van der Waals surface area contributed by atoms with Gasteiger partial charge >= 0.3 is 12.3 Å². The van der Waals surface area contributed by atoms with E-state index in [0.717, 1.165) is 18.3 Å². The number of benzene rings is 1. The van der Waals surface area contributed by atoms with Gasteiger partial charge in [0.1, 0.15) is 5.82 Å². The highest BCUT2D eigenvalue weighted by Crippen LogP contribution is 2.36. The lowest BCUT2D eigenvalue weighted by Gasteiger charge is -2.41. The minimum Gasteiger partial charge on any atom is -0.394 e. The number of carbonyl (C=O) groups is 1. The molecule has 0 saturated carbocycles. The van der Waals surface area contributed by atoms with E-state index in [1.165, 1.54) is 56.4 Å². The van der Waals surface area contributed by atoms with Crippen molar-refractivity contribution in [3.05, 3.63) is 83.3 Å². The van der Waals surface area contributed by atoms with Gasteiger partial charge in [-0.2, -0.15) is 22.0 Å². The van der Waals surface area contributed by atoms with Crippen LogP contribution in [0.5, 0.6) is 0 Å². The predicted octanol–water partition coefficient (Wildman–Crippen LogP) is 5.52. The van der Waals surface area contributed by atoms with Crippen molar-refractivity contribution >= 4 is 21.6 Å². The number of nitrogens with zero attached hydrogens (tertiary/aromatic N) is 3. The van der Waals surface area contributed by atoms with Crippen molar-refractivity contribution < 1.29 is 45.0 Å². The third-order valence-electron chi connectivity index (χ3n) is 7.96. The molecule has 1 amide bonds. The molecule has 3 heterocycles. The second kappa shape index (κ2) is 14.4. The van der Waals surface area contributed by atoms with Gasteiger partial charge in [0.2, 0.25) is 0 Å². The molecule has 9 nitrogen and oxygen atoms in total. The highest BCUT2D eigenvalue weighted by Gasteiger charge is 2.35. The molecule has 3 atom stereocenters. The van der Waals surface area contributed by atoms with Gasteiger partial charge in [0.05, 0.1) is 52.8 Å². The smallest absolute Gasteiger partial charge is 0.394 e. The number of ether oxygens (including phenoxy) is 1.